The molecule has 130 valence electrons. The Balaban J connectivity index is 2.25. The first-order chi connectivity index (χ1) is 10.5. The maximum Gasteiger partial charge on any atom is 0.193 e. The van der Waals surface area contributed by atoms with Gasteiger partial charge in [-0.05, 0) is 23.7 Å². The van der Waals surface area contributed by atoms with E-state index in [1.807, 2.05) is 0 Å². The largest absolute Gasteiger partial charge is 0.412 e. The molecule has 1 aliphatic heterocycles. The first-order valence-corrected chi connectivity index (χ1v) is 10.9. The minimum Gasteiger partial charge on any atom is -0.412 e. The quantitative estimate of drug-likeness (QED) is 0.439. The average Bonchev–Trinajstić information content (AvgIpc) is 3.16. The van der Waals surface area contributed by atoms with Crippen molar-refractivity contribution in [3.05, 3.63) is 23.8 Å². The van der Waals surface area contributed by atoms with Crippen LogP contribution in [0.4, 0.5) is 0 Å². The number of aliphatic hydroxyl groups excluding tert-OH is 2. The number of epoxide rings is 1. The number of hydrogen-bond acceptors (Lipinski definition) is 5. The molecular formula is C17H28O5Si. The SMILES string of the molecule is C=CC[C@]12O[C@H]1C(=O)C(CO[Si](C)(C)C(C)(C)C)=C(CO)[C@@H]2O. The molecule has 5 nitrogen and oxygen atoms in total. The third-order valence-corrected chi connectivity index (χ3v) is 9.94. The number of ketones is 1. The highest BCUT2D eigenvalue weighted by Gasteiger charge is 2.68. The van der Waals surface area contributed by atoms with Crippen LogP contribution in [0, 0.1) is 0 Å². The zero-order valence-electron chi connectivity index (χ0n) is 14.7. The molecule has 0 aromatic heterocycles. The molecule has 2 N–H and O–H groups in total. The van der Waals surface area contributed by atoms with Crippen molar-refractivity contribution in [2.24, 2.45) is 0 Å². The summed E-state index contributed by atoms with van der Waals surface area (Å²) in [4.78, 5) is 12.6. The van der Waals surface area contributed by atoms with Gasteiger partial charge in [-0.1, -0.05) is 26.8 Å². The minimum atomic E-state index is -2.03. The molecule has 1 heterocycles. The Kier molecular flexibility index (Phi) is 4.78. The Labute approximate surface area is 139 Å². The van der Waals surface area contributed by atoms with Crippen LogP contribution in [0.1, 0.15) is 27.2 Å². The number of aliphatic hydroxyl groups is 2. The highest BCUT2D eigenvalue weighted by Crippen LogP contribution is 2.50. The summed E-state index contributed by atoms with van der Waals surface area (Å²) in [6.45, 7) is 14.0. The van der Waals surface area contributed by atoms with Gasteiger partial charge in [0.25, 0.3) is 0 Å². The van der Waals surface area contributed by atoms with Crippen LogP contribution in [0.5, 0.6) is 0 Å². The van der Waals surface area contributed by atoms with E-state index in [9.17, 15) is 15.0 Å². The molecule has 2 rings (SSSR count). The van der Waals surface area contributed by atoms with Gasteiger partial charge in [-0.15, -0.1) is 6.58 Å². The van der Waals surface area contributed by atoms with Crippen molar-refractivity contribution in [2.45, 2.75) is 63.1 Å². The summed E-state index contributed by atoms with van der Waals surface area (Å²) in [5.74, 6) is -0.181. The molecule has 6 heteroatoms. The van der Waals surface area contributed by atoms with E-state index < -0.39 is 26.1 Å². The molecule has 0 aromatic rings. The van der Waals surface area contributed by atoms with E-state index in [4.69, 9.17) is 9.16 Å². The lowest BCUT2D eigenvalue weighted by atomic mass is 9.79. The second-order valence-electron chi connectivity index (χ2n) is 7.92. The maximum absolute atomic E-state index is 12.6. The summed E-state index contributed by atoms with van der Waals surface area (Å²) in [6.07, 6.45) is 0.364. The lowest BCUT2D eigenvalue weighted by Crippen LogP contribution is -2.45. The molecule has 23 heavy (non-hydrogen) atoms. The predicted octanol–water partition coefficient (Wildman–Crippen LogP) is 1.95. The zero-order chi connectivity index (χ0) is 17.6. The first kappa shape index (κ1) is 18.5. The van der Waals surface area contributed by atoms with Gasteiger partial charge in [-0.3, -0.25) is 4.79 Å². The van der Waals surface area contributed by atoms with Gasteiger partial charge in [-0.25, -0.2) is 0 Å². The van der Waals surface area contributed by atoms with Crippen LogP contribution in [0.25, 0.3) is 0 Å². The van der Waals surface area contributed by atoms with E-state index in [1.165, 1.54) is 0 Å². The first-order valence-electron chi connectivity index (χ1n) is 7.99. The second kappa shape index (κ2) is 5.93. The van der Waals surface area contributed by atoms with Crippen LogP contribution in [-0.4, -0.2) is 55.3 Å². The summed E-state index contributed by atoms with van der Waals surface area (Å²) in [7, 11) is -2.03. The van der Waals surface area contributed by atoms with E-state index in [0.717, 1.165) is 0 Å². The topological polar surface area (TPSA) is 79.3 Å². The maximum atomic E-state index is 12.6. The molecule has 1 aliphatic carbocycles. The molecule has 0 saturated carbocycles. The van der Waals surface area contributed by atoms with Gasteiger partial charge in [0.1, 0.15) is 11.7 Å². The predicted molar refractivity (Wildman–Crippen MR) is 90.7 cm³/mol. The Hall–Kier alpha value is -0.793. The standard InChI is InChI=1S/C17H28O5Si/c1-7-8-17-14(20)11(9-18)12(13(19)15(17)22-17)10-21-23(5,6)16(2,3)4/h7,14-15,18,20H,1,8-10H2,2-6H3/t14-,15-,17+/m0/s1. The van der Waals surface area contributed by atoms with Gasteiger partial charge in [-0.2, -0.15) is 0 Å². The summed E-state index contributed by atoms with van der Waals surface area (Å²) in [5, 5.41) is 20.2. The molecule has 0 aromatic carbocycles. The van der Waals surface area contributed by atoms with Gasteiger partial charge in [0.15, 0.2) is 20.2 Å². The van der Waals surface area contributed by atoms with Gasteiger partial charge in [0.2, 0.25) is 0 Å². The molecule has 0 spiro atoms. The van der Waals surface area contributed by atoms with Gasteiger partial charge >= 0.3 is 0 Å². The lowest BCUT2D eigenvalue weighted by molar-refractivity contribution is -0.117. The van der Waals surface area contributed by atoms with Crippen LogP contribution < -0.4 is 0 Å². The van der Waals surface area contributed by atoms with Crippen molar-refractivity contribution >= 4 is 14.1 Å². The van der Waals surface area contributed by atoms with Crippen molar-refractivity contribution < 1.29 is 24.2 Å². The van der Waals surface area contributed by atoms with Crippen LogP contribution in [-0.2, 0) is 14.0 Å². The second-order valence-corrected chi connectivity index (χ2v) is 12.7. The molecule has 1 fully saturated rings. The number of carbonyl (C=O) groups is 1. The van der Waals surface area contributed by atoms with Crippen molar-refractivity contribution in [1.29, 1.82) is 0 Å². The van der Waals surface area contributed by atoms with Gasteiger partial charge in [0.05, 0.1) is 13.2 Å². The Morgan fingerprint density at radius 2 is 2.04 bits per heavy atom. The van der Waals surface area contributed by atoms with E-state index in [1.54, 1.807) is 6.08 Å². The van der Waals surface area contributed by atoms with Crippen LogP contribution in [0.3, 0.4) is 0 Å². The third-order valence-electron chi connectivity index (χ3n) is 5.46. The van der Waals surface area contributed by atoms with Gasteiger partial charge in [0, 0.05) is 12.0 Å². The number of ether oxygens (including phenoxy) is 1. The van der Waals surface area contributed by atoms with Crippen LogP contribution in [0.15, 0.2) is 23.8 Å². The van der Waals surface area contributed by atoms with Crippen LogP contribution >= 0.6 is 0 Å². The minimum absolute atomic E-state index is 0.0198. The summed E-state index contributed by atoms with van der Waals surface area (Å²) in [5.41, 5.74) is -0.242. The fourth-order valence-corrected chi connectivity index (χ4v) is 3.69. The monoisotopic (exact) mass is 340 g/mol. The summed E-state index contributed by atoms with van der Waals surface area (Å²) < 4.78 is 11.6. The average molecular weight is 340 g/mol. The van der Waals surface area contributed by atoms with Crippen molar-refractivity contribution in [3.8, 4) is 0 Å². The molecule has 0 amide bonds. The third kappa shape index (κ3) is 2.98. The van der Waals surface area contributed by atoms with E-state index in [0.29, 0.717) is 17.6 Å². The lowest BCUT2D eigenvalue weighted by Gasteiger charge is -2.37. The number of hydrogen-bond donors (Lipinski definition) is 2. The number of carbonyl (C=O) groups excluding carboxylic acids is 1. The van der Waals surface area contributed by atoms with Crippen molar-refractivity contribution in [1.82, 2.24) is 0 Å². The number of fused-ring (bicyclic) bond motifs is 1. The Morgan fingerprint density at radius 1 is 1.43 bits per heavy atom. The summed E-state index contributed by atoms with van der Waals surface area (Å²) >= 11 is 0. The summed E-state index contributed by atoms with van der Waals surface area (Å²) in [6, 6.07) is 0. The molecule has 1 saturated heterocycles. The normalized spacial score (nSPS) is 31.2. The zero-order valence-corrected chi connectivity index (χ0v) is 15.7. The smallest absolute Gasteiger partial charge is 0.193 e. The highest BCUT2D eigenvalue weighted by atomic mass is 28.4. The van der Waals surface area contributed by atoms with E-state index >= 15 is 0 Å². The molecule has 3 atom stereocenters. The molecule has 0 unspecified atom stereocenters. The highest BCUT2D eigenvalue weighted by molar-refractivity contribution is 6.74. The van der Waals surface area contributed by atoms with Gasteiger partial charge < -0.3 is 19.4 Å². The number of rotatable bonds is 6. The molecule has 2 aliphatic rings. The van der Waals surface area contributed by atoms with E-state index in [-0.39, 0.29) is 24.0 Å². The molecule has 0 bridgehead atoms. The Bertz CT molecular complexity index is 546. The fourth-order valence-electron chi connectivity index (χ4n) is 2.75. The Morgan fingerprint density at radius 3 is 2.52 bits per heavy atom. The molecule has 0 radical (unpaired) electrons. The fraction of sp³-hybridized carbons (Fsp3) is 0.706. The van der Waals surface area contributed by atoms with Crippen LogP contribution in [0.2, 0.25) is 18.1 Å². The van der Waals surface area contributed by atoms with E-state index in [2.05, 4.69) is 40.4 Å². The number of Topliss-reactive ketones (excluding diaryl/α,β-unsaturated/α-hetero) is 1. The van der Waals surface area contributed by atoms with Crippen molar-refractivity contribution in [3.63, 3.8) is 0 Å². The molecular weight excluding hydrogens is 312 g/mol. The van der Waals surface area contributed by atoms with Crippen molar-refractivity contribution in [2.75, 3.05) is 13.2 Å².